The molecular weight excluding hydrogens is 915 g/mol. The Bertz CT molecular complexity index is 2650. The van der Waals surface area contributed by atoms with Crippen LogP contribution in [0.2, 0.25) is 0 Å². The standard InChI is InChI=1S/C49H63N5O7.C4H6O6/c1-9-31-21-32-24-48(45(57)60-8,41-34(27-53(25-31)26-32)33-14-11-12-15-37(33)51-41)36-22-35-38(23-39(36)59-7)52(6)43-47(35)17-19-54-18-13-16-46(10-2,42(47)54)44(61-30(5)55)49(43,58)28-50-40(56)20-29(3)4;5-1(3(7)8)2(6)4(9)10/h11-16,21-23,29,32,42-44,51,58H,9-10,17-20,24-28H2,1-8H3,(H,50,56);1-2,5-6H,(H,7,8)(H,9,10)/t32-,42-,43+,44+,46+,47+,48-,49-;/m0./s1. The Balaban J connectivity index is 0.000000611. The van der Waals surface area contributed by atoms with Gasteiger partial charge in [0, 0.05) is 97.4 Å². The highest BCUT2D eigenvalue weighted by Crippen LogP contribution is 2.68. The molecule has 1 amide bonds. The maximum atomic E-state index is 15.3. The summed E-state index contributed by atoms with van der Waals surface area (Å²) in [6, 6.07) is 11.8. The molecule has 2 aromatic carbocycles. The van der Waals surface area contributed by atoms with E-state index in [1.807, 2.05) is 27.0 Å². The number of hydrogen-bond donors (Lipinski definition) is 7. The summed E-state index contributed by atoms with van der Waals surface area (Å²) in [5.74, 6) is -3.83. The number of aliphatic hydroxyl groups excluding tert-OH is 2. The van der Waals surface area contributed by atoms with Gasteiger partial charge in [-0.3, -0.25) is 24.2 Å². The molecule has 1 spiro atoms. The van der Waals surface area contributed by atoms with Crippen LogP contribution in [0.4, 0.5) is 5.69 Å². The predicted octanol–water partition coefficient (Wildman–Crippen LogP) is 3.62. The van der Waals surface area contributed by atoms with E-state index in [1.54, 1.807) is 7.11 Å². The number of para-hydroxylation sites is 1. The molecule has 1 saturated heterocycles. The minimum absolute atomic E-state index is 0.0470. The number of hydrogen-bond acceptors (Lipinski definition) is 14. The van der Waals surface area contributed by atoms with Crippen molar-refractivity contribution in [3.8, 4) is 5.75 Å². The van der Waals surface area contributed by atoms with Crippen LogP contribution < -0.4 is 15.0 Å². The van der Waals surface area contributed by atoms with Gasteiger partial charge < -0.3 is 54.9 Å². The molecule has 5 aliphatic heterocycles. The predicted molar refractivity (Wildman–Crippen MR) is 262 cm³/mol. The van der Waals surface area contributed by atoms with Crippen LogP contribution in [-0.4, -0.2) is 160 Å². The zero-order valence-electron chi connectivity index (χ0n) is 41.9. The summed E-state index contributed by atoms with van der Waals surface area (Å²) >= 11 is 0. The summed E-state index contributed by atoms with van der Waals surface area (Å²) in [4.78, 5) is 72.5. The van der Waals surface area contributed by atoms with Crippen LogP contribution >= 0.6 is 0 Å². The van der Waals surface area contributed by atoms with Crippen LogP contribution in [0.5, 0.6) is 5.75 Å². The van der Waals surface area contributed by atoms with Crippen molar-refractivity contribution in [2.75, 3.05) is 58.9 Å². The van der Waals surface area contributed by atoms with Crippen LogP contribution in [0.3, 0.4) is 0 Å². The van der Waals surface area contributed by atoms with Crippen molar-refractivity contribution in [2.24, 2.45) is 17.3 Å². The number of benzene rings is 2. The van der Waals surface area contributed by atoms with Crippen molar-refractivity contribution in [1.82, 2.24) is 20.1 Å². The fourth-order valence-corrected chi connectivity index (χ4v) is 13.8. The Labute approximate surface area is 413 Å². The summed E-state index contributed by atoms with van der Waals surface area (Å²) in [6.07, 6.45) is 4.17. The highest BCUT2D eigenvalue weighted by molar-refractivity contribution is 5.94. The van der Waals surface area contributed by atoms with E-state index in [2.05, 4.69) is 87.4 Å². The minimum Gasteiger partial charge on any atom is -0.496 e. The number of anilines is 1. The molecule has 18 heteroatoms. The maximum Gasteiger partial charge on any atom is 0.335 e. The number of carbonyl (C=O) groups is 5. The average Bonchev–Trinajstić information content (AvgIpc) is 3.99. The van der Waals surface area contributed by atoms with Gasteiger partial charge in [0.25, 0.3) is 0 Å². The lowest BCUT2D eigenvalue weighted by Gasteiger charge is -2.64. The monoisotopic (exact) mass is 983 g/mol. The molecule has 1 aromatic heterocycles. The highest BCUT2D eigenvalue weighted by atomic mass is 16.6. The Morgan fingerprint density at radius 2 is 1.68 bits per heavy atom. The third-order valence-electron chi connectivity index (χ3n) is 16.3. The minimum atomic E-state index is -2.27. The summed E-state index contributed by atoms with van der Waals surface area (Å²) in [6.45, 7) is 13.4. The number of aliphatic hydroxyl groups is 3. The van der Waals surface area contributed by atoms with Gasteiger partial charge in [0.1, 0.15) is 22.9 Å². The SMILES string of the molecule is CCC1=C[C@@H]2CN(C1)Cc1c([nH]c3ccccc13)[C@@](C(=O)OC)(c1cc3c(cc1OC)N(C)[C@H]1[C@@](O)(CNC(=O)CC(C)C)[C@H](OC(C)=O)[C@]4(CC)C=CCN5CC[C@]31[C@@H]54)C2.O=C(O)C(O)C(O)C(=O)O. The molecule has 6 heterocycles. The Kier molecular flexibility index (Phi) is 14.0. The van der Waals surface area contributed by atoms with Crippen LogP contribution in [-0.2, 0) is 50.8 Å². The average molecular weight is 984 g/mol. The largest absolute Gasteiger partial charge is 0.496 e. The molecule has 7 N–H and O–H groups in total. The van der Waals surface area contributed by atoms with Gasteiger partial charge in [0.15, 0.2) is 12.2 Å². The number of aromatic nitrogens is 1. The number of likely N-dealkylation sites (N-methyl/N-ethyl adjacent to an activating group) is 1. The Hall–Kier alpha value is -5.79. The first-order valence-electron chi connectivity index (χ1n) is 24.6. The fraction of sp³-hybridized carbons (Fsp3) is 0.566. The molecule has 0 radical (unpaired) electrons. The molecule has 1 saturated carbocycles. The maximum absolute atomic E-state index is 15.3. The normalized spacial score (nSPS) is 31.0. The number of nitrogens with one attached hydrogen (secondary N) is 2. The van der Waals surface area contributed by atoms with Crippen molar-refractivity contribution in [3.63, 3.8) is 0 Å². The highest BCUT2D eigenvalue weighted by Gasteiger charge is 2.78. The van der Waals surface area contributed by atoms with E-state index in [4.69, 9.17) is 34.6 Å². The van der Waals surface area contributed by atoms with Gasteiger partial charge >= 0.3 is 23.9 Å². The number of carbonyl (C=O) groups excluding carboxylic acids is 3. The molecule has 2 bridgehead atoms. The molecule has 11 atom stereocenters. The molecule has 3 aromatic rings. The quantitative estimate of drug-likeness (QED) is 0.0954. The van der Waals surface area contributed by atoms with Gasteiger partial charge in [-0.05, 0) is 67.3 Å². The van der Waals surface area contributed by atoms with Gasteiger partial charge in [-0.1, -0.05) is 69.7 Å². The topological polar surface area (TPSA) is 252 Å². The first kappa shape index (κ1) is 51.6. The number of nitrogens with zero attached hydrogens (tertiary/aromatic N) is 3. The van der Waals surface area contributed by atoms with E-state index in [9.17, 15) is 24.3 Å². The number of methoxy groups -OCH3 is 2. The zero-order valence-corrected chi connectivity index (χ0v) is 41.9. The third-order valence-corrected chi connectivity index (χ3v) is 16.3. The molecule has 3 unspecified atom stereocenters. The van der Waals surface area contributed by atoms with Gasteiger partial charge in [0.2, 0.25) is 5.91 Å². The first-order valence-corrected chi connectivity index (χ1v) is 24.6. The van der Waals surface area contributed by atoms with E-state index < -0.39 is 64.1 Å². The van der Waals surface area contributed by atoms with E-state index in [-0.39, 0.29) is 36.3 Å². The lowest BCUT2D eigenvalue weighted by atomic mass is 9.47. The first-order chi connectivity index (χ1) is 33.7. The van der Waals surface area contributed by atoms with Gasteiger partial charge in [0.05, 0.1) is 26.8 Å². The summed E-state index contributed by atoms with van der Waals surface area (Å²) < 4.78 is 18.8. The van der Waals surface area contributed by atoms with Gasteiger partial charge in [-0.2, -0.15) is 0 Å². The molecule has 6 aliphatic rings. The third kappa shape index (κ3) is 8.19. The van der Waals surface area contributed by atoms with Crippen LogP contribution in [0.15, 0.2) is 60.2 Å². The number of rotatable bonds is 13. The lowest BCUT2D eigenvalue weighted by Crippen LogP contribution is -2.81. The second-order valence-corrected chi connectivity index (χ2v) is 20.8. The molecule has 18 nitrogen and oxygen atoms in total. The van der Waals surface area contributed by atoms with Crippen molar-refractivity contribution < 1.29 is 63.7 Å². The number of carboxylic acid groups (broad SMARTS) is 2. The van der Waals surface area contributed by atoms with Crippen LogP contribution in [0.1, 0.15) is 89.1 Å². The summed E-state index contributed by atoms with van der Waals surface area (Å²) in [7, 11) is 5.14. The van der Waals surface area contributed by atoms with Crippen molar-refractivity contribution >= 4 is 46.4 Å². The number of esters is 2. The van der Waals surface area contributed by atoms with E-state index >= 15 is 4.79 Å². The lowest BCUT2D eigenvalue weighted by molar-refractivity contribution is -0.217. The number of fused-ring (bicyclic) bond motifs is 6. The van der Waals surface area contributed by atoms with Gasteiger partial charge in [-0.25, -0.2) is 9.59 Å². The van der Waals surface area contributed by atoms with Gasteiger partial charge in [-0.15, -0.1) is 0 Å². The molecule has 9 rings (SSSR count). The van der Waals surface area contributed by atoms with Crippen LogP contribution in [0.25, 0.3) is 10.9 Å². The number of H-pyrrole nitrogens is 1. The molecule has 2 fully saturated rings. The number of aromatic amines is 1. The number of carboxylic acids is 2. The molecule has 71 heavy (non-hydrogen) atoms. The van der Waals surface area contributed by atoms with E-state index in [1.165, 1.54) is 19.6 Å². The van der Waals surface area contributed by atoms with Crippen molar-refractivity contribution in [3.05, 3.63) is 82.6 Å². The van der Waals surface area contributed by atoms with Crippen molar-refractivity contribution in [1.29, 1.82) is 0 Å². The Morgan fingerprint density at radius 1 is 0.972 bits per heavy atom. The number of aliphatic carboxylic acids is 2. The molecule has 1 aliphatic carbocycles. The number of ether oxygens (including phenoxy) is 3. The smallest absolute Gasteiger partial charge is 0.335 e. The Morgan fingerprint density at radius 3 is 2.30 bits per heavy atom. The molecular formula is C53H69N5O13. The number of amides is 1. The fourth-order valence-electron chi connectivity index (χ4n) is 13.8. The second kappa shape index (κ2) is 19.3. The van der Waals surface area contributed by atoms with Crippen LogP contribution in [0, 0.1) is 17.3 Å². The van der Waals surface area contributed by atoms with Crippen molar-refractivity contribution in [2.45, 2.75) is 120 Å². The van der Waals surface area contributed by atoms with E-state index in [0.29, 0.717) is 44.5 Å². The molecule has 384 valence electrons. The summed E-state index contributed by atoms with van der Waals surface area (Å²) in [5, 5.41) is 50.5. The zero-order chi connectivity index (χ0) is 51.5. The van der Waals surface area contributed by atoms with E-state index in [0.717, 1.165) is 65.0 Å². The second-order valence-electron chi connectivity index (χ2n) is 20.8. The summed E-state index contributed by atoms with van der Waals surface area (Å²) in [5.41, 5.74) is 2.27.